The van der Waals surface area contributed by atoms with Crippen molar-refractivity contribution in [2.75, 3.05) is 18.5 Å². The Labute approximate surface area is 153 Å². The number of esters is 1. The third-order valence-corrected chi connectivity index (χ3v) is 4.41. The van der Waals surface area contributed by atoms with Gasteiger partial charge >= 0.3 is 5.97 Å². The third kappa shape index (κ3) is 4.79. The fourth-order valence-electron chi connectivity index (χ4n) is 3.11. The van der Waals surface area contributed by atoms with E-state index in [2.05, 4.69) is 21.7 Å². The van der Waals surface area contributed by atoms with Crippen LogP contribution in [0.4, 0.5) is 10.2 Å². The molecule has 3 rings (SSSR count). The molecule has 1 aliphatic rings. The minimum absolute atomic E-state index is 0.139. The second kappa shape index (κ2) is 8.76. The van der Waals surface area contributed by atoms with Crippen molar-refractivity contribution in [3.63, 3.8) is 0 Å². The van der Waals surface area contributed by atoms with Gasteiger partial charge in [-0.2, -0.15) is 0 Å². The Morgan fingerprint density at radius 1 is 1.38 bits per heavy atom. The number of fused-ring (bicyclic) bond motifs is 1. The maximum absolute atomic E-state index is 13.6. The van der Waals surface area contributed by atoms with E-state index in [1.54, 1.807) is 13.0 Å². The summed E-state index contributed by atoms with van der Waals surface area (Å²) in [4.78, 5) is 16.6. The maximum Gasteiger partial charge on any atom is 0.307 e. The van der Waals surface area contributed by atoms with Crippen LogP contribution in [0.25, 0.3) is 0 Å². The summed E-state index contributed by atoms with van der Waals surface area (Å²) in [7, 11) is 0. The molecule has 0 radical (unpaired) electrons. The summed E-state index contributed by atoms with van der Waals surface area (Å²) in [5.41, 5.74) is 2.82. The van der Waals surface area contributed by atoms with Crippen molar-refractivity contribution in [2.45, 2.75) is 38.8 Å². The number of aromatic nitrogens is 1. The first-order chi connectivity index (χ1) is 12.7. The highest BCUT2D eigenvalue weighted by Gasteiger charge is 2.18. The second-order valence-corrected chi connectivity index (χ2v) is 6.34. The van der Waals surface area contributed by atoms with E-state index in [4.69, 9.17) is 4.74 Å². The quantitative estimate of drug-likeness (QED) is 0.744. The Hall–Kier alpha value is -2.47. The van der Waals surface area contributed by atoms with Crippen LogP contribution in [-0.4, -0.2) is 24.1 Å². The summed E-state index contributed by atoms with van der Waals surface area (Å²) < 4.78 is 18.7. The summed E-state index contributed by atoms with van der Waals surface area (Å²) in [6.45, 7) is 3.51. The highest BCUT2D eigenvalue weighted by atomic mass is 19.1. The third-order valence-electron chi connectivity index (χ3n) is 4.41. The lowest BCUT2D eigenvalue weighted by Crippen LogP contribution is -2.25. The van der Waals surface area contributed by atoms with E-state index >= 15 is 0 Å². The van der Waals surface area contributed by atoms with Gasteiger partial charge in [0.05, 0.1) is 18.7 Å². The largest absolute Gasteiger partial charge is 0.466 e. The van der Waals surface area contributed by atoms with Gasteiger partial charge in [0.25, 0.3) is 0 Å². The zero-order chi connectivity index (χ0) is 18.4. The van der Waals surface area contributed by atoms with Gasteiger partial charge in [-0.1, -0.05) is 18.2 Å². The lowest BCUT2D eigenvalue weighted by Gasteiger charge is -2.20. The Morgan fingerprint density at radius 2 is 2.27 bits per heavy atom. The molecule has 5 nitrogen and oxygen atoms in total. The molecule has 2 N–H and O–H groups in total. The summed E-state index contributed by atoms with van der Waals surface area (Å²) in [5, 5.41) is 6.63. The number of rotatable bonds is 7. The number of ether oxygens (including phenoxy) is 1. The maximum atomic E-state index is 13.6. The fourth-order valence-corrected chi connectivity index (χ4v) is 3.11. The molecule has 2 aromatic rings. The van der Waals surface area contributed by atoms with Crippen molar-refractivity contribution in [3.8, 4) is 0 Å². The monoisotopic (exact) mass is 357 g/mol. The molecule has 0 fully saturated rings. The van der Waals surface area contributed by atoms with Crippen molar-refractivity contribution < 1.29 is 13.9 Å². The van der Waals surface area contributed by atoms with Gasteiger partial charge in [0.15, 0.2) is 0 Å². The van der Waals surface area contributed by atoms with Crippen molar-refractivity contribution >= 4 is 11.8 Å². The number of carbonyl (C=O) groups excluding carboxylic acids is 1. The van der Waals surface area contributed by atoms with Crippen LogP contribution < -0.4 is 10.6 Å². The molecule has 6 heteroatoms. The SMILES string of the molecule is CCOC(=O)C[C@H](NCc1ccc2c(n1)NCCC2)c1cccc(F)c1. The van der Waals surface area contributed by atoms with E-state index in [1.807, 2.05) is 12.1 Å². The highest BCUT2D eigenvalue weighted by Crippen LogP contribution is 2.22. The summed E-state index contributed by atoms with van der Waals surface area (Å²) in [6.07, 6.45) is 2.30. The van der Waals surface area contributed by atoms with E-state index in [0.29, 0.717) is 18.7 Å². The van der Waals surface area contributed by atoms with Crippen LogP contribution in [0, 0.1) is 5.82 Å². The number of pyridine rings is 1. The average molecular weight is 357 g/mol. The van der Waals surface area contributed by atoms with Crippen LogP contribution >= 0.6 is 0 Å². The molecule has 1 aliphatic heterocycles. The summed E-state index contributed by atoms with van der Waals surface area (Å²) in [5.74, 6) is 0.298. The molecule has 0 aliphatic carbocycles. The Morgan fingerprint density at radius 3 is 3.08 bits per heavy atom. The molecule has 0 saturated carbocycles. The van der Waals surface area contributed by atoms with Crippen LogP contribution in [-0.2, 0) is 22.5 Å². The smallest absolute Gasteiger partial charge is 0.307 e. The molecular weight excluding hydrogens is 333 g/mol. The molecule has 26 heavy (non-hydrogen) atoms. The Bertz CT molecular complexity index is 766. The molecule has 1 atom stereocenters. The van der Waals surface area contributed by atoms with Gasteiger partial charge in [0.2, 0.25) is 0 Å². The molecule has 1 aromatic heterocycles. The number of carbonyl (C=O) groups is 1. The topological polar surface area (TPSA) is 63.2 Å². The standard InChI is InChI=1S/C20H24FN3O2/c1-2-26-19(25)12-18(15-5-3-7-16(21)11-15)23-13-17-9-8-14-6-4-10-22-20(14)24-17/h3,5,7-9,11,18,23H,2,4,6,10,12-13H2,1H3,(H,22,24)/t18-/m0/s1. The number of benzene rings is 1. The molecule has 0 bridgehead atoms. The van der Waals surface area contributed by atoms with Gasteiger partial charge in [-0.05, 0) is 49.1 Å². The van der Waals surface area contributed by atoms with Crippen LogP contribution in [0.1, 0.15) is 42.6 Å². The minimum Gasteiger partial charge on any atom is -0.466 e. The number of anilines is 1. The first kappa shape index (κ1) is 18.3. The van der Waals surface area contributed by atoms with Crippen LogP contribution in [0.5, 0.6) is 0 Å². The van der Waals surface area contributed by atoms with E-state index in [9.17, 15) is 9.18 Å². The van der Waals surface area contributed by atoms with Crippen molar-refractivity contribution in [1.29, 1.82) is 0 Å². The molecule has 138 valence electrons. The number of hydrogen-bond acceptors (Lipinski definition) is 5. The summed E-state index contributed by atoms with van der Waals surface area (Å²) in [6, 6.07) is 10.0. The average Bonchev–Trinajstić information content (AvgIpc) is 2.65. The molecule has 0 spiro atoms. The van der Waals surface area contributed by atoms with Gasteiger partial charge in [0, 0.05) is 19.1 Å². The summed E-state index contributed by atoms with van der Waals surface area (Å²) >= 11 is 0. The van der Waals surface area contributed by atoms with Gasteiger partial charge in [-0.15, -0.1) is 0 Å². The second-order valence-electron chi connectivity index (χ2n) is 6.34. The van der Waals surface area contributed by atoms with Gasteiger partial charge < -0.3 is 15.4 Å². The molecule has 1 aromatic carbocycles. The number of nitrogens with zero attached hydrogens (tertiary/aromatic N) is 1. The van der Waals surface area contributed by atoms with Gasteiger partial charge in [-0.25, -0.2) is 9.37 Å². The normalized spacial score (nSPS) is 14.2. The van der Waals surface area contributed by atoms with Crippen LogP contribution in [0.15, 0.2) is 36.4 Å². The Kier molecular flexibility index (Phi) is 6.17. The minimum atomic E-state index is -0.337. The van der Waals surface area contributed by atoms with E-state index in [0.717, 1.165) is 30.9 Å². The van der Waals surface area contributed by atoms with E-state index < -0.39 is 0 Å². The number of hydrogen-bond donors (Lipinski definition) is 2. The van der Waals surface area contributed by atoms with E-state index in [1.165, 1.54) is 17.7 Å². The zero-order valence-electron chi connectivity index (χ0n) is 14.9. The van der Waals surface area contributed by atoms with Gasteiger partial charge in [-0.3, -0.25) is 4.79 Å². The van der Waals surface area contributed by atoms with Crippen molar-refractivity contribution in [1.82, 2.24) is 10.3 Å². The number of aryl methyl sites for hydroxylation is 1. The molecule has 0 saturated heterocycles. The zero-order valence-corrected chi connectivity index (χ0v) is 14.9. The highest BCUT2D eigenvalue weighted by molar-refractivity contribution is 5.70. The predicted molar refractivity (Wildman–Crippen MR) is 98.3 cm³/mol. The van der Waals surface area contributed by atoms with Crippen LogP contribution in [0.2, 0.25) is 0 Å². The number of halogens is 1. The lowest BCUT2D eigenvalue weighted by molar-refractivity contribution is -0.143. The predicted octanol–water partition coefficient (Wildman–Crippen LogP) is 3.36. The molecular formula is C20H24FN3O2. The van der Waals surface area contributed by atoms with Crippen LogP contribution in [0.3, 0.4) is 0 Å². The molecule has 0 unspecified atom stereocenters. The fraction of sp³-hybridized carbons (Fsp3) is 0.400. The first-order valence-electron chi connectivity index (χ1n) is 9.03. The first-order valence-corrected chi connectivity index (χ1v) is 9.03. The van der Waals surface area contributed by atoms with Gasteiger partial charge in [0.1, 0.15) is 11.6 Å². The van der Waals surface area contributed by atoms with E-state index in [-0.39, 0.29) is 24.2 Å². The van der Waals surface area contributed by atoms with Crippen molar-refractivity contribution in [3.05, 3.63) is 59.0 Å². The Balaban J connectivity index is 1.71. The molecule has 2 heterocycles. The van der Waals surface area contributed by atoms with Crippen molar-refractivity contribution in [2.24, 2.45) is 0 Å². The number of nitrogens with one attached hydrogen (secondary N) is 2. The molecule has 0 amide bonds. The lowest BCUT2D eigenvalue weighted by atomic mass is 10.0.